The third-order valence-electron chi connectivity index (χ3n) is 3.25. The van der Waals surface area contributed by atoms with Gasteiger partial charge in [-0.3, -0.25) is 4.79 Å². The van der Waals surface area contributed by atoms with Gasteiger partial charge in [-0.25, -0.2) is 4.39 Å². The molecule has 6 heteroatoms. The maximum atomic E-state index is 13.6. The molecule has 0 amide bonds. The number of benzene rings is 1. The summed E-state index contributed by atoms with van der Waals surface area (Å²) in [5.74, 6) is -0.0257. The van der Waals surface area contributed by atoms with Crippen molar-refractivity contribution in [3.8, 4) is 11.5 Å². The predicted molar refractivity (Wildman–Crippen MR) is 72.8 cm³/mol. The van der Waals surface area contributed by atoms with E-state index in [1.807, 2.05) is 0 Å². The Balaban J connectivity index is 1.77. The van der Waals surface area contributed by atoms with E-state index < -0.39 is 5.82 Å². The molecule has 104 valence electrons. The Hall–Kier alpha value is -1.69. The van der Waals surface area contributed by atoms with Crippen molar-refractivity contribution in [1.82, 2.24) is 10.2 Å². The average molecular weight is 292 g/mol. The van der Waals surface area contributed by atoms with Crippen molar-refractivity contribution in [2.45, 2.75) is 36.2 Å². The van der Waals surface area contributed by atoms with Crippen LogP contribution in [-0.4, -0.2) is 21.2 Å². The van der Waals surface area contributed by atoms with Crippen molar-refractivity contribution in [2.24, 2.45) is 0 Å². The Labute approximate surface area is 119 Å². The van der Waals surface area contributed by atoms with E-state index in [4.69, 9.17) is 4.42 Å². The quantitative estimate of drug-likeness (QED) is 0.867. The topological polar surface area (TPSA) is 56.0 Å². The van der Waals surface area contributed by atoms with Crippen molar-refractivity contribution < 1.29 is 13.6 Å². The molecule has 4 nitrogen and oxygen atoms in total. The van der Waals surface area contributed by atoms with E-state index >= 15 is 0 Å². The first-order valence-corrected chi connectivity index (χ1v) is 7.40. The van der Waals surface area contributed by atoms with Gasteiger partial charge in [-0.15, -0.1) is 10.2 Å². The first kappa shape index (κ1) is 13.3. The maximum Gasteiger partial charge on any atom is 0.277 e. The van der Waals surface area contributed by atoms with Crippen molar-refractivity contribution in [3.05, 3.63) is 30.1 Å². The standard InChI is InChI=1S/C14H13FN2O2S/c15-10-6-2-1-5-9(10)13-16-17-14(19-13)20-12-8-4-3-7-11(12)18/h1-2,5-6,12H,3-4,7-8H2/t12-/m1/s1. The number of halogens is 1. The number of rotatable bonds is 3. The van der Waals surface area contributed by atoms with E-state index in [1.165, 1.54) is 17.8 Å². The summed E-state index contributed by atoms with van der Waals surface area (Å²) in [6.07, 6.45) is 3.45. The first-order chi connectivity index (χ1) is 9.74. The van der Waals surface area contributed by atoms with Crippen LogP contribution < -0.4 is 0 Å². The van der Waals surface area contributed by atoms with E-state index in [1.54, 1.807) is 18.2 Å². The fraction of sp³-hybridized carbons (Fsp3) is 0.357. The lowest BCUT2D eigenvalue weighted by Crippen LogP contribution is -2.21. The van der Waals surface area contributed by atoms with Gasteiger partial charge >= 0.3 is 0 Å². The van der Waals surface area contributed by atoms with Gasteiger partial charge < -0.3 is 4.42 Å². The second-order valence-corrected chi connectivity index (χ2v) is 5.83. The van der Waals surface area contributed by atoms with Crippen LogP contribution in [0.2, 0.25) is 0 Å². The summed E-state index contributed by atoms with van der Waals surface area (Å²) in [6.45, 7) is 0. The van der Waals surface area contributed by atoms with E-state index in [2.05, 4.69) is 10.2 Å². The van der Waals surface area contributed by atoms with Crippen LogP contribution in [-0.2, 0) is 4.79 Å². The summed E-state index contributed by atoms with van der Waals surface area (Å²) in [6, 6.07) is 6.24. The molecule has 1 aliphatic carbocycles. The fourth-order valence-electron chi connectivity index (χ4n) is 2.20. The van der Waals surface area contributed by atoms with Crippen LogP contribution in [0.4, 0.5) is 4.39 Å². The SMILES string of the molecule is O=C1CCCC[C@H]1Sc1nnc(-c2ccccc2F)o1. The van der Waals surface area contributed by atoms with Crippen LogP contribution in [0.1, 0.15) is 25.7 Å². The molecule has 1 fully saturated rings. The van der Waals surface area contributed by atoms with E-state index in [0.29, 0.717) is 11.6 Å². The minimum Gasteiger partial charge on any atom is -0.411 e. The number of aromatic nitrogens is 2. The summed E-state index contributed by atoms with van der Waals surface area (Å²) in [5, 5.41) is 7.95. The maximum absolute atomic E-state index is 13.6. The molecule has 3 rings (SSSR count). The molecule has 2 aromatic rings. The highest BCUT2D eigenvalue weighted by Crippen LogP contribution is 2.32. The van der Waals surface area contributed by atoms with Gasteiger partial charge in [-0.1, -0.05) is 30.3 Å². The zero-order valence-corrected chi connectivity index (χ0v) is 11.5. The smallest absolute Gasteiger partial charge is 0.277 e. The lowest BCUT2D eigenvalue weighted by molar-refractivity contribution is -0.119. The first-order valence-electron chi connectivity index (χ1n) is 6.52. The summed E-state index contributed by atoms with van der Waals surface area (Å²) in [5.41, 5.74) is 0.279. The van der Waals surface area contributed by atoms with Crippen LogP contribution in [0.5, 0.6) is 0 Å². The van der Waals surface area contributed by atoms with Crippen molar-refractivity contribution in [1.29, 1.82) is 0 Å². The number of ketones is 1. The largest absolute Gasteiger partial charge is 0.411 e. The number of nitrogens with zero attached hydrogens (tertiary/aromatic N) is 2. The summed E-state index contributed by atoms with van der Waals surface area (Å²) < 4.78 is 19.1. The molecule has 1 aromatic heterocycles. The molecule has 1 saturated carbocycles. The number of carbonyl (C=O) groups is 1. The zero-order valence-electron chi connectivity index (χ0n) is 10.7. The predicted octanol–water partition coefficient (Wildman–Crippen LogP) is 3.48. The highest BCUT2D eigenvalue weighted by Gasteiger charge is 2.25. The Morgan fingerprint density at radius 3 is 2.90 bits per heavy atom. The summed E-state index contributed by atoms with van der Waals surface area (Å²) >= 11 is 1.28. The fourth-order valence-corrected chi connectivity index (χ4v) is 3.19. The molecular weight excluding hydrogens is 279 g/mol. The number of carbonyl (C=O) groups excluding carboxylic acids is 1. The van der Waals surface area contributed by atoms with Gasteiger partial charge in [0, 0.05) is 6.42 Å². The van der Waals surface area contributed by atoms with Gasteiger partial charge in [0.15, 0.2) is 0 Å². The highest BCUT2D eigenvalue weighted by molar-refractivity contribution is 8.00. The van der Waals surface area contributed by atoms with Crippen molar-refractivity contribution in [2.75, 3.05) is 0 Å². The van der Waals surface area contributed by atoms with Crippen LogP contribution in [0.25, 0.3) is 11.5 Å². The molecule has 20 heavy (non-hydrogen) atoms. The number of Topliss-reactive ketones (excluding diaryl/α,β-unsaturated/α-hetero) is 1. The molecule has 0 N–H and O–H groups in total. The van der Waals surface area contributed by atoms with Gasteiger partial charge in [0.1, 0.15) is 11.6 Å². The van der Waals surface area contributed by atoms with Gasteiger partial charge in [-0.05, 0) is 25.0 Å². The van der Waals surface area contributed by atoms with Crippen LogP contribution in [0, 0.1) is 5.82 Å². The molecule has 0 unspecified atom stereocenters. The molecule has 0 saturated heterocycles. The molecule has 0 radical (unpaired) electrons. The van der Waals surface area contributed by atoms with Gasteiger partial charge in [0.25, 0.3) is 11.1 Å². The van der Waals surface area contributed by atoms with Crippen LogP contribution >= 0.6 is 11.8 Å². The normalized spacial score (nSPS) is 19.2. The minimum absolute atomic E-state index is 0.113. The number of hydrogen-bond acceptors (Lipinski definition) is 5. The Morgan fingerprint density at radius 2 is 2.10 bits per heavy atom. The van der Waals surface area contributed by atoms with Gasteiger partial charge in [0.05, 0.1) is 10.8 Å². The molecular formula is C14H13FN2O2S. The third kappa shape index (κ3) is 2.75. The molecule has 1 aromatic carbocycles. The molecule has 1 atom stereocenters. The average Bonchev–Trinajstić information content (AvgIpc) is 2.90. The minimum atomic E-state index is -0.401. The van der Waals surface area contributed by atoms with Crippen molar-refractivity contribution in [3.63, 3.8) is 0 Å². The lowest BCUT2D eigenvalue weighted by Gasteiger charge is -2.17. The Morgan fingerprint density at radius 1 is 1.25 bits per heavy atom. The van der Waals surface area contributed by atoms with Gasteiger partial charge in [-0.2, -0.15) is 0 Å². The molecule has 0 spiro atoms. The highest BCUT2D eigenvalue weighted by atomic mass is 32.2. The van der Waals surface area contributed by atoms with E-state index in [9.17, 15) is 9.18 Å². The van der Waals surface area contributed by atoms with E-state index in [-0.39, 0.29) is 22.5 Å². The monoisotopic (exact) mass is 292 g/mol. The third-order valence-corrected chi connectivity index (χ3v) is 4.40. The Kier molecular flexibility index (Phi) is 3.82. The summed E-state index contributed by atoms with van der Waals surface area (Å²) in [4.78, 5) is 11.8. The molecule has 1 aliphatic rings. The van der Waals surface area contributed by atoms with Crippen LogP contribution in [0.15, 0.2) is 33.9 Å². The second kappa shape index (κ2) is 5.75. The molecule has 0 bridgehead atoms. The van der Waals surface area contributed by atoms with Crippen LogP contribution in [0.3, 0.4) is 0 Å². The Bertz CT molecular complexity index is 629. The van der Waals surface area contributed by atoms with Crippen molar-refractivity contribution >= 4 is 17.5 Å². The molecule has 1 heterocycles. The lowest BCUT2D eigenvalue weighted by atomic mass is 9.99. The number of thioether (sulfide) groups is 1. The second-order valence-electron chi connectivity index (χ2n) is 4.67. The zero-order chi connectivity index (χ0) is 13.9. The summed E-state index contributed by atoms with van der Waals surface area (Å²) in [7, 11) is 0. The number of hydrogen-bond donors (Lipinski definition) is 0. The molecule has 0 aliphatic heterocycles. The van der Waals surface area contributed by atoms with Gasteiger partial charge in [0.2, 0.25) is 0 Å². The van der Waals surface area contributed by atoms with E-state index in [0.717, 1.165) is 19.3 Å².